The fourth-order valence-corrected chi connectivity index (χ4v) is 2.82. The summed E-state index contributed by atoms with van der Waals surface area (Å²) in [5.41, 5.74) is 3.51. The van der Waals surface area contributed by atoms with Crippen LogP contribution in [0.25, 0.3) is 0 Å². The Morgan fingerprint density at radius 3 is 2.83 bits per heavy atom. The molecule has 2 rings (SSSR count). The van der Waals surface area contributed by atoms with Crippen LogP contribution in [0.3, 0.4) is 0 Å². The zero-order valence-electron chi connectivity index (χ0n) is 10.9. The van der Waals surface area contributed by atoms with E-state index in [-0.39, 0.29) is 0 Å². The fourth-order valence-electron chi connectivity index (χ4n) is 2.16. The maximum atomic E-state index is 4.47. The number of aryl methyl sites for hydroxylation is 2. The van der Waals surface area contributed by atoms with Gasteiger partial charge in [0.1, 0.15) is 5.82 Å². The van der Waals surface area contributed by atoms with Gasteiger partial charge in [0.15, 0.2) is 0 Å². The van der Waals surface area contributed by atoms with Gasteiger partial charge in [0.25, 0.3) is 0 Å². The standard InChI is InChI=1S/C13H17BrN4/c1-10-12(7-14)13(18(3)16-10)17(2)9-11-5-4-6-15-8-11/h4-6,8H,7,9H2,1-3H3. The van der Waals surface area contributed by atoms with Gasteiger partial charge in [-0.2, -0.15) is 5.10 Å². The number of rotatable bonds is 4. The van der Waals surface area contributed by atoms with Gasteiger partial charge >= 0.3 is 0 Å². The Kier molecular flexibility index (Phi) is 4.01. The topological polar surface area (TPSA) is 34.0 Å². The fraction of sp³-hybridized carbons (Fsp3) is 0.385. The minimum Gasteiger partial charge on any atom is -0.355 e. The molecular formula is C13H17BrN4. The molecule has 2 heterocycles. The van der Waals surface area contributed by atoms with Crippen LogP contribution >= 0.6 is 15.9 Å². The monoisotopic (exact) mass is 308 g/mol. The summed E-state index contributed by atoms with van der Waals surface area (Å²) in [7, 11) is 4.06. The van der Waals surface area contributed by atoms with Gasteiger partial charge < -0.3 is 4.90 Å². The van der Waals surface area contributed by atoms with Crippen molar-refractivity contribution in [2.45, 2.75) is 18.8 Å². The smallest absolute Gasteiger partial charge is 0.130 e. The van der Waals surface area contributed by atoms with Crippen LogP contribution < -0.4 is 4.90 Å². The first kappa shape index (κ1) is 13.1. The molecule has 0 saturated heterocycles. The molecule has 18 heavy (non-hydrogen) atoms. The van der Waals surface area contributed by atoms with Crippen LogP contribution in [0.5, 0.6) is 0 Å². The molecule has 96 valence electrons. The predicted octanol–water partition coefficient (Wildman–Crippen LogP) is 2.65. The first-order chi connectivity index (χ1) is 8.63. The van der Waals surface area contributed by atoms with Gasteiger partial charge in [0.05, 0.1) is 5.69 Å². The van der Waals surface area contributed by atoms with E-state index in [1.54, 1.807) is 6.20 Å². The van der Waals surface area contributed by atoms with Gasteiger partial charge in [0, 0.05) is 43.9 Å². The molecule has 0 radical (unpaired) electrons. The molecule has 2 aromatic rings. The molecule has 0 unspecified atom stereocenters. The van der Waals surface area contributed by atoms with Crippen molar-refractivity contribution in [2.75, 3.05) is 11.9 Å². The molecule has 0 bridgehead atoms. The highest BCUT2D eigenvalue weighted by Gasteiger charge is 2.15. The maximum Gasteiger partial charge on any atom is 0.130 e. The van der Waals surface area contributed by atoms with E-state index >= 15 is 0 Å². The molecule has 0 saturated carbocycles. The van der Waals surface area contributed by atoms with Crippen molar-refractivity contribution < 1.29 is 0 Å². The lowest BCUT2D eigenvalue weighted by molar-refractivity contribution is 0.725. The van der Waals surface area contributed by atoms with Crippen LogP contribution in [0.1, 0.15) is 16.8 Å². The number of pyridine rings is 1. The molecule has 0 fully saturated rings. The highest BCUT2D eigenvalue weighted by molar-refractivity contribution is 9.08. The highest BCUT2D eigenvalue weighted by atomic mass is 79.9. The third-order valence-electron chi connectivity index (χ3n) is 2.95. The van der Waals surface area contributed by atoms with Crippen LogP contribution in [-0.4, -0.2) is 21.8 Å². The van der Waals surface area contributed by atoms with Crippen molar-refractivity contribution >= 4 is 21.7 Å². The number of nitrogens with zero attached hydrogens (tertiary/aromatic N) is 4. The second-order valence-electron chi connectivity index (χ2n) is 4.36. The van der Waals surface area contributed by atoms with Crippen LogP contribution in [0.15, 0.2) is 24.5 Å². The minimum absolute atomic E-state index is 0.819. The minimum atomic E-state index is 0.819. The summed E-state index contributed by atoms with van der Waals surface area (Å²) in [6, 6.07) is 4.05. The van der Waals surface area contributed by atoms with Crippen LogP contribution in [0.4, 0.5) is 5.82 Å². The van der Waals surface area contributed by atoms with E-state index in [0.717, 1.165) is 23.4 Å². The second-order valence-corrected chi connectivity index (χ2v) is 4.92. The van der Waals surface area contributed by atoms with E-state index in [1.165, 1.54) is 11.1 Å². The van der Waals surface area contributed by atoms with Crippen molar-refractivity contribution in [3.8, 4) is 0 Å². The Bertz CT molecular complexity index is 521. The van der Waals surface area contributed by atoms with Gasteiger partial charge in [-0.25, -0.2) is 0 Å². The summed E-state index contributed by atoms with van der Waals surface area (Å²) >= 11 is 3.53. The van der Waals surface area contributed by atoms with Crippen molar-refractivity contribution in [1.29, 1.82) is 0 Å². The van der Waals surface area contributed by atoms with E-state index in [2.05, 4.69) is 44.0 Å². The van der Waals surface area contributed by atoms with E-state index in [0.29, 0.717) is 0 Å². The van der Waals surface area contributed by atoms with Gasteiger partial charge in [0.2, 0.25) is 0 Å². The van der Waals surface area contributed by atoms with Crippen LogP contribution in [0.2, 0.25) is 0 Å². The molecular weight excluding hydrogens is 292 g/mol. The second kappa shape index (κ2) is 5.52. The molecule has 0 atom stereocenters. The summed E-state index contributed by atoms with van der Waals surface area (Å²) < 4.78 is 1.93. The van der Waals surface area contributed by atoms with E-state index in [9.17, 15) is 0 Å². The Balaban J connectivity index is 2.26. The van der Waals surface area contributed by atoms with Crippen molar-refractivity contribution in [3.05, 3.63) is 41.3 Å². The lowest BCUT2D eigenvalue weighted by Gasteiger charge is -2.20. The Morgan fingerprint density at radius 2 is 2.22 bits per heavy atom. The normalized spacial score (nSPS) is 10.7. The summed E-state index contributed by atoms with van der Waals surface area (Å²) in [5.74, 6) is 1.15. The molecule has 0 aliphatic carbocycles. The molecule has 0 amide bonds. The number of anilines is 1. The maximum absolute atomic E-state index is 4.47. The van der Waals surface area contributed by atoms with Gasteiger partial charge in [-0.1, -0.05) is 22.0 Å². The number of alkyl halides is 1. The van der Waals surface area contributed by atoms with E-state index in [4.69, 9.17) is 0 Å². The van der Waals surface area contributed by atoms with Gasteiger partial charge in [-0.3, -0.25) is 9.67 Å². The highest BCUT2D eigenvalue weighted by Crippen LogP contribution is 2.25. The Hall–Kier alpha value is -1.36. The van der Waals surface area contributed by atoms with E-state index in [1.807, 2.05) is 30.9 Å². The average molecular weight is 309 g/mol. The molecule has 2 aromatic heterocycles. The number of aromatic nitrogens is 3. The molecule has 4 nitrogen and oxygen atoms in total. The summed E-state index contributed by atoms with van der Waals surface area (Å²) in [4.78, 5) is 6.35. The molecule has 5 heteroatoms. The molecule has 0 aromatic carbocycles. The Labute approximate surface area is 116 Å². The SMILES string of the molecule is Cc1nn(C)c(N(C)Cc2cccnc2)c1CBr. The summed E-state index contributed by atoms with van der Waals surface area (Å²) in [6.45, 7) is 2.87. The van der Waals surface area contributed by atoms with Crippen molar-refractivity contribution in [1.82, 2.24) is 14.8 Å². The van der Waals surface area contributed by atoms with Crippen molar-refractivity contribution in [3.63, 3.8) is 0 Å². The number of halogens is 1. The lowest BCUT2D eigenvalue weighted by atomic mass is 10.2. The molecule has 0 aliphatic heterocycles. The first-order valence-electron chi connectivity index (χ1n) is 5.82. The third-order valence-corrected chi connectivity index (χ3v) is 3.51. The third kappa shape index (κ3) is 2.56. The lowest BCUT2D eigenvalue weighted by Crippen LogP contribution is -2.20. The van der Waals surface area contributed by atoms with Gasteiger partial charge in [-0.15, -0.1) is 0 Å². The molecule has 0 aliphatic rings. The van der Waals surface area contributed by atoms with E-state index < -0.39 is 0 Å². The average Bonchev–Trinajstić information content (AvgIpc) is 2.64. The zero-order chi connectivity index (χ0) is 13.1. The zero-order valence-corrected chi connectivity index (χ0v) is 12.5. The number of hydrogen-bond donors (Lipinski definition) is 0. The van der Waals surface area contributed by atoms with Crippen molar-refractivity contribution in [2.24, 2.45) is 7.05 Å². The largest absolute Gasteiger partial charge is 0.355 e. The van der Waals surface area contributed by atoms with Crippen LogP contribution in [0, 0.1) is 6.92 Å². The summed E-state index contributed by atoms with van der Waals surface area (Å²) in [5, 5.41) is 5.29. The molecule has 0 spiro atoms. The summed E-state index contributed by atoms with van der Waals surface area (Å²) in [6.07, 6.45) is 3.69. The first-order valence-corrected chi connectivity index (χ1v) is 6.94. The Morgan fingerprint density at radius 1 is 1.44 bits per heavy atom. The quantitative estimate of drug-likeness (QED) is 0.814. The number of hydrogen-bond acceptors (Lipinski definition) is 3. The molecule has 0 N–H and O–H groups in total. The van der Waals surface area contributed by atoms with Crippen LogP contribution in [-0.2, 0) is 18.9 Å². The van der Waals surface area contributed by atoms with Gasteiger partial charge in [-0.05, 0) is 18.6 Å². The predicted molar refractivity (Wildman–Crippen MR) is 76.9 cm³/mol.